The molecule has 21 heavy (non-hydrogen) atoms. The first-order valence-corrected chi connectivity index (χ1v) is 8.30. The molecule has 0 aliphatic rings. The molecule has 0 saturated heterocycles. The number of anilines is 2. The Morgan fingerprint density at radius 2 is 1.86 bits per heavy atom. The summed E-state index contributed by atoms with van der Waals surface area (Å²) in [7, 11) is 0. The molecule has 112 valence electrons. The average molecular weight is 347 g/mol. The Hall–Kier alpha value is -1.32. The van der Waals surface area contributed by atoms with E-state index >= 15 is 0 Å². The van der Waals surface area contributed by atoms with E-state index < -0.39 is 0 Å². The smallest absolute Gasteiger partial charge is 0.0555 e. The molecule has 0 bridgehead atoms. The summed E-state index contributed by atoms with van der Waals surface area (Å²) >= 11 is 3.71. The number of halogens is 1. The van der Waals surface area contributed by atoms with Gasteiger partial charge in [0.1, 0.15) is 0 Å². The summed E-state index contributed by atoms with van der Waals surface area (Å²) in [6.45, 7) is 5.24. The second kappa shape index (κ2) is 7.62. The maximum Gasteiger partial charge on any atom is 0.0555 e. The molecule has 0 radical (unpaired) electrons. The molecule has 3 heteroatoms. The van der Waals surface area contributed by atoms with Crippen molar-refractivity contribution < 1.29 is 0 Å². The summed E-state index contributed by atoms with van der Waals surface area (Å²) in [4.78, 5) is 2.36. The van der Waals surface area contributed by atoms with Crippen molar-refractivity contribution in [3.05, 3.63) is 58.6 Å². The molecule has 0 heterocycles. The Morgan fingerprint density at radius 3 is 2.43 bits per heavy atom. The van der Waals surface area contributed by atoms with E-state index in [1.54, 1.807) is 0 Å². The maximum atomic E-state index is 5.97. The molecule has 0 aliphatic heterocycles. The molecule has 0 fully saturated rings. The summed E-state index contributed by atoms with van der Waals surface area (Å²) < 4.78 is 1.09. The van der Waals surface area contributed by atoms with Crippen molar-refractivity contribution in [2.24, 2.45) is 5.73 Å². The zero-order valence-corrected chi connectivity index (χ0v) is 14.3. The first-order valence-electron chi connectivity index (χ1n) is 7.51. The van der Waals surface area contributed by atoms with Gasteiger partial charge in [0, 0.05) is 22.7 Å². The average Bonchev–Trinajstić information content (AvgIpc) is 2.50. The fourth-order valence-electron chi connectivity index (χ4n) is 2.34. The third kappa shape index (κ3) is 4.08. The summed E-state index contributed by atoms with van der Waals surface area (Å²) in [5.41, 5.74) is 9.53. The van der Waals surface area contributed by atoms with E-state index in [9.17, 15) is 0 Å². The van der Waals surface area contributed by atoms with Gasteiger partial charge in [-0.05, 0) is 59.1 Å². The van der Waals surface area contributed by atoms with Crippen LogP contribution in [0.15, 0.2) is 53.0 Å². The predicted octanol–water partition coefficient (Wildman–Crippen LogP) is 5.41. The SMILES string of the molecule is CCCCN(c1ccccc1)c1ccc([C@H](C)N)cc1Br. The Balaban J connectivity index is 2.37. The van der Waals surface area contributed by atoms with Crippen molar-refractivity contribution in [3.8, 4) is 0 Å². The van der Waals surface area contributed by atoms with Gasteiger partial charge in [-0.1, -0.05) is 37.6 Å². The lowest BCUT2D eigenvalue weighted by atomic mass is 10.1. The maximum absolute atomic E-state index is 5.97. The lowest BCUT2D eigenvalue weighted by Gasteiger charge is -2.26. The van der Waals surface area contributed by atoms with Gasteiger partial charge in [0.05, 0.1) is 5.69 Å². The number of nitrogens with zero attached hydrogens (tertiary/aromatic N) is 1. The number of unbranched alkanes of at least 4 members (excludes halogenated alkanes) is 1. The summed E-state index contributed by atoms with van der Waals surface area (Å²) in [5.74, 6) is 0. The van der Waals surface area contributed by atoms with Crippen LogP contribution in [0, 0.1) is 0 Å². The molecule has 0 aromatic heterocycles. The Labute approximate surface area is 136 Å². The number of para-hydroxylation sites is 1. The van der Waals surface area contributed by atoms with E-state index in [-0.39, 0.29) is 6.04 Å². The summed E-state index contributed by atoms with van der Waals surface area (Å²) in [6.07, 6.45) is 2.34. The van der Waals surface area contributed by atoms with Gasteiger partial charge in [-0.15, -0.1) is 0 Å². The van der Waals surface area contributed by atoms with Gasteiger partial charge in [-0.25, -0.2) is 0 Å². The van der Waals surface area contributed by atoms with Gasteiger partial charge in [0.25, 0.3) is 0 Å². The standard InChI is InChI=1S/C18H23BrN2/c1-3-4-12-21(16-8-6-5-7-9-16)18-11-10-15(14(2)20)13-17(18)19/h5-11,13-14H,3-4,12,20H2,1-2H3/t14-/m0/s1. The fraction of sp³-hybridized carbons (Fsp3) is 0.333. The second-order valence-electron chi connectivity index (χ2n) is 5.34. The van der Waals surface area contributed by atoms with E-state index in [0.29, 0.717) is 0 Å². The van der Waals surface area contributed by atoms with E-state index in [1.165, 1.54) is 17.8 Å². The number of hydrogen-bond donors (Lipinski definition) is 1. The van der Waals surface area contributed by atoms with Crippen LogP contribution in [0.1, 0.15) is 38.3 Å². The molecule has 2 rings (SSSR count). The Kier molecular flexibility index (Phi) is 5.83. The van der Waals surface area contributed by atoms with Crippen LogP contribution in [0.4, 0.5) is 11.4 Å². The molecule has 0 spiro atoms. The topological polar surface area (TPSA) is 29.3 Å². The lowest BCUT2D eigenvalue weighted by molar-refractivity contribution is 0.783. The molecular formula is C18H23BrN2. The highest BCUT2D eigenvalue weighted by Gasteiger charge is 2.13. The van der Waals surface area contributed by atoms with Crippen molar-refractivity contribution in [3.63, 3.8) is 0 Å². The van der Waals surface area contributed by atoms with Crippen LogP contribution in [-0.4, -0.2) is 6.54 Å². The van der Waals surface area contributed by atoms with Crippen LogP contribution in [0.2, 0.25) is 0 Å². The third-order valence-electron chi connectivity index (χ3n) is 3.59. The first-order chi connectivity index (χ1) is 10.1. The molecule has 0 aliphatic carbocycles. The molecule has 0 saturated carbocycles. The predicted molar refractivity (Wildman–Crippen MR) is 95.1 cm³/mol. The molecule has 2 N–H and O–H groups in total. The van der Waals surface area contributed by atoms with E-state index in [0.717, 1.165) is 23.0 Å². The van der Waals surface area contributed by atoms with Crippen molar-refractivity contribution in [2.75, 3.05) is 11.4 Å². The number of benzene rings is 2. The molecular weight excluding hydrogens is 324 g/mol. The quantitative estimate of drug-likeness (QED) is 0.757. The largest absolute Gasteiger partial charge is 0.341 e. The van der Waals surface area contributed by atoms with Crippen LogP contribution in [-0.2, 0) is 0 Å². The minimum absolute atomic E-state index is 0.0520. The van der Waals surface area contributed by atoms with Crippen LogP contribution >= 0.6 is 15.9 Å². The first kappa shape index (κ1) is 16.1. The van der Waals surface area contributed by atoms with E-state index in [2.05, 4.69) is 76.3 Å². The van der Waals surface area contributed by atoms with Gasteiger partial charge in [-0.3, -0.25) is 0 Å². The normalized spacial score (nSPS) is 12.2. The van der Waals surface area contributed by atoms with Gasteiger partial charge in [0.15, 0.2) is 0 Å². The highest BCUT2D eigenvalue weighted by molar-refractivity contribution is 9.10. The van der Waals surface area contributed by atoms with Crippen LogP contribution in [0.25, 0.3) is 0 Å². The molecule has 2 nitrogen and oxygen atoms in total. The van der Waals surface area contributed by atoms with Crippen molar-refractivity contribution >= 4 is 27.3 Å². The Bertz CT molecular complexity index is 567. The molecule has 2 aromatic carbocycles. The van der Waals surface area contributed by atoms with Gasteiger partial charge in [-0.2, -0.15) is 0 Å². The van der Waals surface area contributed by atoms with E-state index in [4.69, 9.17) is 5.73 Å². The van der Waals surface area contributed by atoms with Crippen LogP contribution < -0.4 is 10.6 Å². The van der Waals surface area contributed by atoms with Gasteiger partial charge >= 0.3 is 0 Å². The fourth-order valence-corrected chi connectivity index (χ4v) is 2.95. The van der Waals surface area contributed by atoms with Crippen LogP contribution in [0.5, 0.6) is 0 Å². The van der Waals surface area contributed by atoms with Gasteiger partial charge in [0.2, 0.25) is 0 Å². The molecule has 0 amide bonds. The monoisotopic (exact) mass is 346 g/mol. The number of rotatable bonds is 6. The molecule has 1 atom stereocenters. The lowest BCUT2D eigenvalue weighted by Crippen LogP contribution is -2.19. The van der Waals surface area contributed by atoms with E-state index in [1.807, 2.05) is 6.92 Å². The highest BCUT2D eigenvalue weighted by Crippen LogP contribution is 2.34. The van der Waals surface area contributed by atoms with Crippen molar-refractivity contribution in [2.45, 2.75) is 32.7 Å². The van der Waals surface area contributed by atoms with Crippen molar-refractivity contribution in [1.82, 2.24) is 0 Å². The number of nitrogens with two attached hydrogens (primary N) is 1. The van der Waals surface area contributed by atoms with Gasteiger partial charge < -0.3 is 10.6 Å². The van der Waals surface area contributed by atoms with Crippen molar-refractivity contribution in [1.29, 1.82) is 0 Å². The molecule has 0 unspecified atom stereocenters. The third-order valence-corrected chi connectivity index (χ3v) is 4.23. The minimum atomic E-state index is 0.0520. The summed E-state index contributed by atoms with van der Waals surface area (Å²) in [5, 5.41) is 0. The minimum Gasteiger partial charge on any atom is -0.341 e. The zero-order chi connectivity index (χ0) is 15.2. The molecule has 2 aromatic rings. The summed E-state index contributed by atoms with van der Waals surface area (Å²) in [6, 6.07) is 17.0. The van der Waals surface area contributed by atoms with Crippen LogP contribution in [0.3, 0.4) is 0 Å². The Morgan fingerprint density at radius 1 is 1.14 bits per heavy atom. The number of hydrogen-bond acceptors (Lipinski definition) is 2. The zero-order valence-electron chi connectivity index (χ0n) is 12.7. The highest BCUT2D eigenvalue weighted by atomic mass is 79.9. The second-order valence-corrected chi connectivity index (χ2v) is 6.19.